The number of nitrogens with one attached hydrogen (secondary N) is 1. The molecule has 0 bridgehead atoms. The van der Waals surface area contributed by atoms with Gasteiger partial charge < -0.3 is 10.1 Å². The molecule has 1 aromatic carbocycles. The van der Waals surface area contributed by atoms with Gasteiger partial charge in [0.2, 0.25) is 0 Å². The minimum Gasteiger partial charge on any atom is -0.496 e. The Morgan fingerprint density at radius 3 is 2.82 bits per heavy atom. The molecule has 1 rings (SSSR count). The molecule has 0 spiro atoms. The van der Waals surface area contributed by atoms with Crippen LogP contribution >= 0.6 is 11.8 Å². The molecule has 1 N–H and O–H groups in total. The van der Waals surface area contributed by atoms with E-state index in [2.05, 4.69) is 31.3 Å². The molecule has 0 heterocycles. The van der Waals surface area contributed by atoms with E-state index >= 15 is 0 Å². The molecule has 2 nitrogen and oxygen atoms in total. The van der Waals surface area contributed by atoms with E-state index in [4.69, 9.17) is 4.74 Å². The van der Waals surface area contributed by atoms with Crippen molar-refractivity contribution >= 4 is 11.8 Å². The molecular weight excluding hydrogens is 230 g/mol. The van der Waals surface area contributed by atoms with E-state index < -0.39 is 0 Å². The van der Waals surface area contributed by atoms with Crippen molar-refractivity contribution in [3.05, 3.63) is 29.8 Å². The van der Waals surface area contributed by atoms with E-state index in [0.717, 1.165) is 12.3 Å². The predicted molar refractivity (Wildman–Crippen MR) is 77.0 cm³/mol. The molecule has 0 aliphatic heterocycles. The normalized spacial score (nSPS) is 12.4. The number of hydrogen-bond acceptors (Lipinski definition) is 3. The van der Waals surface area contributed by atoms with Crippen LogP contribution in [0.25, 0.3) is 0 Å². The third-order valence-corrected chi connectivity index (χ3v) is 3.71. The Balaban J connectivity index is 2.38. The minimum absolute atomic E-state index is 0.345. The van der Waals surface area contributed by atoms with Gasteiger partial charge in [0.15, 0.2) is 0 Å². The molecule has 0 saturated heterocycles. The second-order valence-corrected chi connectivity index (χ2v) is 5.36. The van der Waals surface area contributed by atoms with Crippen LogP contribution in [0.3, 0.4) is 0 Å². The number of ether oxygens (including phenoxy) is 1. The van der Waals surface area contributed by atoms with Crippen molar-refractivity contribution in [2.45, 2.75) is 26.3 Å². The van der Waals surface area contributed by atoms with Gasteiger partial charge in [-0.05, 0) is 37.5 Å². The van der Waals surface area contributed by atoms with E-state index in [-0.39, 0.29) is 0 Å². The smallest absolute Gasteiger partial charge is 0.123 e. The van der Waals surface area contributed by atoms with E-state index in [9.17, 15) is 0 Å². The Bertz CT molecular complexity index is 317. The van der Waals surface area contributed by atoms with Crippen LogP contribution in [-0.2, 0) is 0 Å². The predicted octanol–water partition coefficient (Wildman–Crippen LogP) is 3.49. The summed E-state index contributed by atoms with van der Waals surface area (Å²) in [6.45, 7) is 5.45. The average Bonchev–Trinajstić information content (AvgIpc) is 2.38. The van der Waals surface area contributed by atoms with Crippen LogP contribution < -0.4 is 10.1 Å². The number of thioether (sulfide) groups is 1. The summed E-state index contributed by atoms with van der Waals surface area (Å²) in [5.41, 5.74) is 1.23. The maximum absolute atomic E-state index is 5.37. The Morgan fingerprint density at radius 2 is 2.12 bits per heavy atom. The third-order valence-electron chi connectivity index (χ3n) is 2.73. The lowest BCUT2D eigenvalue weighted by Gasteiger charge is -2.17. The molecule has 0 amide bonds. The Hall–Kier alpha value is -0.670. The van der Waals surface area contributed by atoms with Crippen molar-refractivity contribution in [1.29, 1.82) is 0 Å². The van der Waals surface area contributed by atoms with Crippen molar-refractivity contribution < 1.29 is 4.74 Å². The molecule has 0 fully saturated rings. The van der Waals surface area contributed by atoms with Crippen LogP contribution in [0.2, 0.25) is 0 Å². The summed E-state index contributed by atoms with van der Waals surface area (Å²) in [7, 11) is 1.73. The summed E-state index contributed by atoms with van der Waals surface area (Å²) in [5.74, 6) is 3.42. The maximum atomic E-state index is 5.37. The highest BCUT2D eigenvalue weighted by atomic mass is 32.2. The fraction of sp³-hybridized carbons (Fsp3) is 0.571. The van der Waals surface area contributed by atoms with Crippen molar-refractivity contribution in [3.8, 4) is 5.75 Å². The van der Waals surface area contributed by atoms with Crippen LogP contribution in [0.1, 0.15) is 31.9 Å². The van der Waals surface area contributed by atoms with Gasteiger partial charge in [-0.3, -0.25) is 0 Å². The highest BCUT2D eigenvalue weighted by molar-refractivity contribution is 7.99. The van der Waals surface area contributed by atoms with Crippen LogP contribution in [-0.4, -0.2) is 25.2 Å². The van der Waals surface area contributed by atoms with E-state index in [1.54, 1.807) is 7.11 Å². The van der Waals surface area contributed by atoms with Gasteiger partial charge in [-0.25, -0.2) is 0 Å². The van der Waals surface area contributed by atoms with E-state index in [0.29, 0.717) is 6.04 Å². The Kier molecular flexibility index (Phi) is 7.13. The van der Waals surface area contributed by atoms with Gasteiger partial charge in [0.1, 0.15) is 5.75 Å². The van der Waals surface area contributed by atoms with Gasteiger partial charge in [0, 0.05) is 11.6 Å². The second-order valence-electron chi connectivity index (χ2n) is 3.97. The van der Waals surface area contributed by atoms with Crippen molar-refractivity contribution in [1.82, 2.24) is 5.32 Å². The number of para-hydroxylation sites is 1. The first-order valence-corrected chi connectivity index (χ1v) is 7.39. The summed E-state index contributed by atoms with van der Waals surface area (Å²) in [6.07, 6.45) is 1.22. The van der Waals surface area contributed by atoms with Gasteiger partial charge in [0.05, 0.1) is 7.11 Å². The summed E-state index contributed by atoms with van der Waals surface area (Å²) < 4.78 is 5.37. The lowest BCUT2D eigenvalue weighted by molar-refractivity contribution is 0.402. The first-order valence-electron chi connectivity index (χ1n) is 6.23. The molecule has 0 aliphatic carbocycles. The molecule has 0 aliphatic rings. The molecule has 96 valence electrons. The number of benzene rings is 1. The van der Waals surface area contributed by atoms with Crippen molar-refractivity contribution in [3.63, 3.8) is 0 Å². The van der Waals surface area contributed by atoms with Crippen LogP contribution in [0.5, 0.6) is 5.75 Å². The highest BCUT2D eigenvalue weighted by Crippen LogP contribution is 2.24. The largest absolute Gasteiger partial charge is 0.496 e. The number of rotatable bonds is 8. The molecule has 1 atom stereocenters. The van der Waals surface area contributed by atoms with Gasteiger partial charge in [-0.15, -0.1) is 0 Å². The topological polar surface area (TPSA) is 21.3 Å². The van der Waals surface area contributed by atoms with E-state index in [1.807, 2.05) is 23.9 Å². The summed E-state index contributed by atoms with van der Waals surface area (Å²) in [6, 6.07) is 8.55. The molecule has 3 heteroatoms. The Labute approximate surface area is 109 Å². The fourth-order valence-corrected chi connectivity index (χ4v) is 2.41. The average molecular weight is 253 g/mol. The standard InChI is InChI=1S/C14H23NOS/c1-4-17-11-7-10-15-12(2)13-8-5-6-9-14(13)16-3/h5-6,8-9,12,15H,4,7,10-11H2,1-3H3/t12-/m1/s1. The van der Waals surface area contributed by atoms with Gasteiger partial charge in [-0.1, -0.05) is 25.1 Å². The maximum Gasteiger partial charge on any atom is 0.123 e. The zero-order chi connectivity index (χ0) is 12.5. The van der Waals surface area contributed by atoms with Crippen LogP contribution in [0, 0.1) is 0 Å². The van der Waals surface area contributed by atoms with Gasteiger partial charge in [-0.2, -0.15) is 11.8 Å². The van der Waals surface area contributed by atoms with Gasteiger partial charge in [0.25, 0.3) is 0 Å². The molecule has 17 heavy (non-hydrogen) atoms. The molecule has 0 saturated carbocycles. The summed E-state index contributed by atoms with van der Waals surface area (Å²) >= 11 is 2.00. The zero-order valence-electron chi connectivity index (χ0n) is 11.0. The minimum atomic E-state index is 0.345. The molecular formula is C14H23NOS. The number of hydrogen-bond donors (Lipinski definition) is 1. The second kappa shape index (κ2) is 8.43. The van der Waals surface area contributed by atoms with Crippen molar-refractivity contribution in [2.75, 3.05) is 25.2 Å². The quantitative estimate of drug-likeness (QED) is 0.717. The highest BCUT2D eigenvalue weighted by Gasteiger charge is 2.09. The van der Waals surface area contributed by atoms with E-state index in [1.165, 1.54) is 23.5 Å². The molecule has 0 aromatic heterocycles. The SMILES string of the molecule is CCSCCCN[C@H](C)c1ccccc1OC. The van der Waals surface area contributed by atoms with Crippen molar-refractivity contribution in [2.24, 2.45) is 0 Å². The lowest BCUT2D eigenvalue weighted by Crippen LogP contribution is -2.20. The summed E-state index contributed by atoms with van der Waals surface area (Å²) in [5, 5.41) is 3.54. The summed E-state index contributed by atoms with van der Waals surface area (Å²) in [4.78, 5) is 0. The molecule has 0 unspecified atom stereocenters. The molecule has 0 radical (unpaired) electrons. The zero-order valence-corrected chi connectivity index (χ0v) is 11.8. The third kappa shape index (κ3) is 5.00. The van der Waals surface area contributed by atoms with Crippen LogP contribution in [0.4, 0.5) is 0 Å². The first-order chi connectivity index (χ1) is 8.29. The fourth-order valence-electron chi connectivity index (χ4n) is 1.77. The van der Waals surface area contributed by atoms with Crippen LogP contribution in [0.15, 0.2) is 24.3 Å². The lowest BCUT2D eigenvalue weighted by atomic mass is 10.1. The molecule has 1 aromatic rings. The first kappa shape index (κ1) is 14.4. The number of methoxy groups -OCH3 is 1. The van der Waals surface area contributed by atoms with Gasteiger partial charge >= 0.3 is 0 Å². The monoisotopic (exact) mass is 253 g/mol. The Morgan fingerprint density at radius 1 is 1.35 bits per heavy atom.